The van der Waals surface area contributed by atoms with Crippen LogP contribution >= 0.6 is 0 Å². The summed E-state index contributed by atoms with van der Waals surface area (Å²) in [5.74, 6) is -0.201. The molecule has 0 radical (unpaired) electrons. The molecule has 0 bridgehead atoms. The molecule has 0 saturated heterocycles. The van der Waals surface area contributed by atoms with Gasteiger partial charge in [-0.15, -0.1) is 0 Å². The van der Waals surface area contributed by atoms with E-state index >= 15 is 0 Å². The highest BCUT2D eigenvalue weighted by Crippen LogP contribution is 1.74. The van der Waals surface area contributed by atoms with Crippen LogP contribution in [0.4, 0.5) is 0 Å². The number of rotatable bonds is 3. The highest BCUT2D eigenvalue weighted by atomic mass is 32.2. The van der Waals surface area contributed by atoms with Gasteiger partial charge >= 0.3 is 0 Å². The molecule has 0 aromatic heterocycles. The summed E-state index contributed by atoms with van der Waals surface area (Å²) in [6.45, 7) is 2.30. The minimum absolute atomic E-state index is 0.201. The zero-order valence-electron chi connectivity index (χ0n) is 6.74. The lowest BCUT2D eigenvalue weighted by Gasteiger charge is -1.84. The van der Waals surface area contributed by atoms with Crippen LogP contribution in [0.15, 0.2) is 0 Å². The Kier molecular flexibility index (Phi) is 9.68. The average molecular weight is 185 g/mol. The maximum atomic E-state index is 9.56. The Morgan fingerprint density at radius 2 is 1.82 bits per heavy atom. The molecule has 0 heterocycles. The Balaban J connectivity index is 0. The molecule has 0 spiro atoms. The molecule has 0 saturated carbocycles. The molecule has 0 amide bonds. The first-order valence-electron chi connectivity index (χ1n) is 3.18. The number of aliphatic hydroxyl groups is 1. The third kappa shape index (κ3) is 25.8. The largest absolute Gasteiger partial charge is 0.395 e. The van der Waals surface area contributed by atoms with Crippen LogP contribution in [0.25, 0.3) is 0 Å². The van der Waals surface area contributed by atoms with Crippen molar-refractivity contribution < 1.29 is 18.1 Å². The van der Waals surface area contributed by atoms with Crippen LogP contribution in [-0.2, 0) is 10.1 Å². The fourth-order valence-electron chi connectivity index (χ4n) is 0.112. The first kappa shape index (κ1) is 13.4. The van der Waals surface area contributed by atoms with Crippen LogP contribution in [-0.4, -0.2) is 44.0 Å². The standard InChI is InChI=1S/C3H9NO.C2H6O3S/c1-4-2-3-5;1-2-6(3,4)5/h4-5H,2-3H2,1H3;2H2,1H3,(H,3,4,5). The lowest BCUT2D eigenvalue weighted by Crippen LogP contribution is -2.10. The van der Waals surface area contributed by atoms with Gasteiger partial charge < -0.3 is 10.4 Å². The SMILES string of the molecule is CCS(=O)(=O)O.CNCCO. The van der Waals surface area contributed by atoms with Crippen molar-refractivity contribution in [3.8, 4) is 0 Å². The van der Waals surface area contributed by atoms with E-state index in [0.29, 0.717) is 6.54 Å². The van der Waals surface area contributed by atoms with Crippen LogP contribution in [0, 0.1) is 0 Å². The average Bonchev–Trinajstić information content (AvgIpc) is 1.90. The molecule has 0 fully saturated rings. The fraction of sp³-hybridized carbons (Fsp3) is 1.00. The molecular formula is C5H15NO4S. The Morgan fingerprint density at radius 1 is 1.45 bits per heavy atom. The molecule has 0 aliphatic carbocycles. The molecule has 0 aliphatic rings. The molecule has 5 nitrogen and oxygen atoms in total. The van der Waals surface area contributed by atoms with Gasteiger partial charge in [0, 0.05) is 6.54 Å². The zero-order valence-corrected chi connectivity index (χ0v) is 7.56. The monoisotopic (exact) mass is 185 g/mol. The zero-order chi connectivity index (χ0) is 9.33. The second kappa shape index (κ2) is 7.93. The Bertz CT molecular complexity index is 152. The van der Waals surface area contributed by atoms with E-state index in [9.17, 15) is 8.42 Å². The third-order valence-corrected chi connectivity index (χ3v) is 1.46. The van der Waals surface area contributed by atoms with E-state index in [2.05, 4.69) is 5.32 Å². The molecule has 11 heavy (non-hydrogen) atoms. The highest BCUT2D eigenvalue weighted by Gasteiger charge is 1.93. The van der Waals surface area contributed by atoms with Crippen molar-refractivity contribution in [3.63, 3.8) is 0 Å². The van der Waals surface area contributed by atoms with Gasteiger partial charge in [-0.1, -0.05) is 0 Å². The summed E-state index contributed by atoms with van der Waals surface area (Å²) in [6.07, 6.45) is 0. The van der Waals surface area contributed by atoms with Crippen LogP contribution in [0.1, 0.15) is 6.92 Å². The molecule has 0 unspecified atom stereocenters. The lowest BCUT2D eigenvalue weighted by atomic mass is 10.7. The van der Waals surface area contributed by atoms with E-state index in [-0.39, 0.29) is 12.4 Å². The van der Waals surface area contributed by atoms with Crippen molar-refractivity contribution in [2.45, 2.75) is 6.92 Å². The molecule has 0 atom stereocenters. The number of likely N-dealkylation sites (N-methyl/N-ethyl adjacent to an activating group) is 1. The third-order valence-electron chi connectivity index (χ3n) is 0.727. The summed E-state index contributed by atoms with van der Waals surface area (Å²) in [6, 6.07) is 0. The van der Waals surface area contributed by atoms with Gasteiger partial charge in [0.2, 0.25) is 0 Å². The van der Waals surface area contributed by atoms with Crippen molar-refractivity contribution >= 4 is 10.1 Å². The molecule has 3 N–H and O–H groups in total. The molecule has 6 heteroatoms. The number of hydrogen-bond donors (Lipinski definition) is 3. The smallest absolute Gasteiger partial charge is 0.264 e. The lowest BCUT2D eigenvalue weighted by molar-refractivity contribution is 0.296. The van der Waals surface area contributed by atoms with E-state index in [0.717, 1.165) is 0 Å². The minimum atomic E-state index is -3.66. The predicted molar refractivity (Wildman–Crippen MR) is 43.1 cm³/mol. The van der Waals surface area contributed by atoms with Gasteiger partial charge in [-0.2, -0.15) is 8.42 Å². The second-order valence-electron chi connectivity index (χ2n) is 1.70. The van der Waals surface area contributed by atoms with Crippen molar-refractivity contribution in [2.24, 2.45) is 0 Å². The summed E-state index contributed by atoms with van der Waals surface area (Å²) in [5.41, 5.74) is 0. The van der Waals surface area contributed by atoms with Crippen LogP contribution < -0.4 is 5.32 Å². The first-order chi connectivity index (χ1) is 4.97. The van der Waals surface area contributed by atoms with E-state index < -0.39 is 10.1 Å². The van der Waals surface area contributed by atoms with Crippen molar-refractivity contribution in [1.82, 2.24) is 5.32 Å². The Hall–Kier alpha value is -0.170. The molecular weight excluding hydrogens is 170 g/mol. The minimum Gasteiger partial charge on any atom is -0.395 e. The van der Waals surface area contributed by atoms with E-state index in [1.807, 2.05) is 0 Å². The van der Waals surface area contributed by atoms with E-state index in [4.69, 9.17) is 9.66 Å². The quantitative estimate of drug-likeness (QED) is 0.496. The van der Waals surface area contributed by atoms with Gasteiger partial charge in [0.1, 0.15) is 0 Å². The molecule has 0 aromatic rings. The normalized spacial score (nSPS) is 10.2. The second-order valence-corrected chi connectivity index (χ2v) is 3.44. The Labute approximate surface area is 67.2 Å². The summed E-state index contributed by atoms with van der Waals surface area (Å²) >= 11 is 0. The van der Waals surface area contributed by atoms with Crippen molar-refractivity contribution in [2.75, 3.05) is 26.0 Å². The summed E-state index contributed by atoms with van der Waals surface area (Å²) in [5, 5.41) is 10.8. The number of nitrogens with one attached hydrogen (secondary N) is 1. The maximum Gasteiger partial charge on any atom is 0.264 e. The molecule has 0 aliphatic heterocycles. The van der Waals surface area contributed by atoms with E-state index in [1.54, 1.807) is 7.05 Å². The number of aliphatic hydroxyl groups excluding tert-OH is 1. The van der Waals surface area contributed by atoms with Crippen molar-refractivity contribution in [1.29, 1.82) is 0 Å². The van der Waals surface area contributed by atoms with Gasteiger partial charge in [0.05, 0.1) is 12.4 Å². The van der Waals surface area contributed by atoms with Crippen LogP contribution in [0.5, 0.6) is 0 Å². The van der Waals surface area contributed by atoms with Crippen LogP contribution in [0.3, 0.4) is 0 Å². The highest BCUT2D eigenvalue weighted by molar-refractivity contribution is 7.85. The molecule has 70 valence electrons. The van der Waals surface area contributed by atoms with Crippen molar-refractivity contribution in [3.05, 3.63) is 0 Å². The van der Waals surface area contributed by atoms with Gasteiger partial charge in [-0.25, -0.2) is 0 Å². The van der Waals surface area contributed by atoms with Gasteiger partial charge in [-0.05, 0) is 14.0 Å². The van der Waals surface area contributed by atoms with Crippen LogP contribution in [0.2, 0.25) is 0 Å². The summed E-state index contributed by atoms with van der Waals surface area (Å²) < 4.78 is 26.9. The van der Waals surface area contributed by atoms with E-state index in [1.165, 1.54) is 6.92 Å². The summed E-state index contributed by atoms with van der Waals surface area (Å²) in [7, 11) is -1.86. The fourth-order valence-corrected chi connectivity index (χ4v) is 0.112. The topological polar surface area (TPSA) is 86.6 Å². The maximum absolute atomic E-state index is 9.56. The number of hydrogen-bond acceptors (Lipinski definition) is 4. The Morgan fingerprint density at radius 3 is 1.82 bits per heavy atom. The van der Waals surface area contributed by atoms with Gasteiger partial charge in [0.25, 0.3) is 10.1 Å². The molecule has 0 rings (SSSR count). The van der Waals surface area contributed by atoms with Gasteiger partial charge in [-0.3, -0.25) is 4.55 Å². The summed E-state index contributed by atoms with van der Waals surface area (Å²) in [4.78, 5) is 0. The predicted octanol–water partition coefficient (Wildman–Crippen LogP) is -0.908. The van der Waals surface area contributed by atoms with Gasteiger partial charge in [0.15, 0.2) is 0 Å². The molecule has 0 aromatic carbocycles. The first-order valence-corrected chi connectivity index (χ1v) is 4.79.